The van der Waals surface area contributed by atoms with Crippen molar-refractivity contribution < 1.29 is 4.74 Å². The van der Waals surface area contributed by atoms with Crippen LogP contribution in [0.5, 0.6) is 0 Å². The van der Waals surface area contributed by atoms with Gasteiger partial charge in [-0.2, -0.15) is 0 Å². The quantitative estimate of drug-likeness (QED) is 0.873. The first-order valence-corrected chi connectivity index (χ1v) is 6.94. The molecular weight excluding hydrogens is 262 g/mol. The maximum atomic E-state index is 5.95. The van der Waals surface area contributed by atoms with E-state index in [9.17, 15) is 0 Å². The second-order valence-corrected chi connectivity index (χ2v) is 5.14. The molecule has 5 heteroatoms. The number of rotatable bonds is 4. The summed E-state index contributed by atoms with van der Waals surface area (Å²) in [6, 6.07) is 7.88. The molecule has 0 amide bonds. The standard InChI is InChI=1S/C14H16ClN3O/c15-14-17-12-4-2-1-3-11(12)13(18-14)16-7-5-10-6-8-19-9-10/h1-4,10H,5-9H2,(H,16,17,18). The van der Waals surface area contributed by atoms with Crippen LogP contribution in [0.2, 0.25) is 5.28 Å². The molecule has 100 valence electrons. The van der Waals surface area contributed by atoms with Crippen molar-refractivity contribution in [3.8, 4) is 0 Å². The molecule has 1 fully saturated rings. The normalized spacial score (nSPS) is 18.9. The lowest BCUT2D eigenvalue weighted by Crippen LogP contribution is -2.10. The zero-order valence-corrected chi connectivity index (χ0v) is 11.4. The van der Waals surface area contributed by atoms with Gasteiger partial charge in [0, 0.05) is 25.1 Å². The molecule has 0 aliphatic carbocycles. The van der Waals surface area contributed by atoms with Crippen LogP contribution < -0.4 is 5.32 Å². The molecule has 1 unspecified atom stereocenters. The minimum absolute atomic E-state index is 0.283. The Hall–Kier alpha value is -1.39. The van der Waals surface area contributed by atoms with Gasteiger partial charge in [0.2, 0.25) is 5.28 Å². The van der Waals surface area contributed by atoms with E-state index in [1.165, 1.54) is 0 Å². The summed E-state index contributed by atoms with van der Waals surface area (Å²) in [4.78, 5) is 8.49. The zero-order valence-electron chi connectivity index (χ0n) is 10.6. The van der Waals surface area contributed by atoms with Gasteiger partial charge < -0.3 is 10.1 Å². The molecule has 1 atom stereocenters. The first-order chi connectivity index (χ1) is 9.33. The molecule has 19 heavy (non-hydrogen) atoms. The van der Waals surface area contributed by atoms with E-state index >= 15 is 0 Å². The van der Waals surface area contributed by atoms with Gasteiger partial charge in [-0.15, -0.1) is 0 Å². The number of halogens is 1. The lowest BCUT2D eigenvalue weighted by Gasteiger charge is -2.11. The van der Waals surface area contributed by atoms with E-state index in [0.29, 0.717) is 5.92 Å². The molecule has 1 aromatic heterocycles. The van der Waals surface area contributed by atoms with E-state index < -0.39 is 0 Å². The van der Waals surface area contributed by atoms with Crippen molar-refractivity contribution in [1.29, 1.82) is 0 Å². The van der Waals surface area contributed by atoms with E-state index in [1.807, 2.05) is 24.3 Å². The Morgan fingerprint density at radius 3 is 3.05 bits per heavy atom. The topological polar surface area (TPSA) is 47.0 Å². The molecule has 3 rings (SSSR count). The van der Waals surface area contributed by atoms with Crippen LogP contribution in [0, 0.1) is 5.92 Å². The highest BCUT2D eigenvalue weighted by Crippen LogP contribution is 2.22. The lowest BCUT2D eigenvalue weighted by atomic mass is 10.1. The van der Waals surface area contributed by atoms with E-state index in [4.69, 9.17) is 16.3 Å². The van der Waals surface area contributed by atoms with E-state index in [-0.39, 0.29) is 5.28 Å². The van der Waals surface area contributed by atoms with Crippen LogP contribution in [0.4, 0.5) is 5.82 Å². The second-order valence-electron chi connectivity index (χ2n) is 4.80. The largest absolute Gasteiger partial charge is 0.381 e. The van der Waals surface area contributed by atoms with Gasteiger partial charge in [-0.3, -0.25) is 0 Å². The summed E-state index contributed by atoms with van der Waals surface area (Å²) in [5, 5.41) is 4.66. The highest BCUT2D eigenvalue weighted by atomic mass is 35.5. The average molecular weight is 278 g/mol. The van der Waals surface area contributed by atoms with Gasteiger partial charge in [0.1, 0.15) is 5.82 Å². The summed E-state index contributed by atoms with van der Waals surface area (Å²) in [6.07, 6.45) is 2.25. The van der Waals surface area contributed by atoms with Crippen LogP contribution >= 0.6 is 11.6 Å². The van der Waals surface area contributed by atoms with Crippen molar-refractivity contribution in [3.63, 3.8) is 0 Å². The van der Waals surface area contributed by atoms with Gasteiger partial charge in [0.15, 0.2) is 0 Å². The number of hydrogen-bond donors (Lipinski definition) is 1. The van der Waals surface area contributed by atoms with Crippen LogP contribution in [0.3, 0.4) is 0 Å². The van der Waals surface area contributed by atoms with Crippen molar-refractivity contribution in [3.05, 3.63) is 29.5 Å². The molecule has 2 aromatic rings. The van der Waals surface area contributed by atoms with Crippen molar-refractivity contribution in [2.45, 2.75) is 12.8 Å². The third-order valence-electron chi connectivity index (χ3n) is 3.44. The van der Waals surface area contributed by atoms with Gasteiger partial charge in [0.25, 0.3) is 0 Å². The SMILES string of the molecule is Clc1nc(NCCC2CCOC2)c2ccccc2n1. The molecule has 2 heterocycles. The number of fused-ring (bicyclic) bond motifs is 1. The fourth-order valence-corrected chi connectivity index (χ4v) is 2.56. The highest BCUT2D eigenvalue weighted by molar-refractivity contribution is 6.28. The summed E-state index contributed by atoms with van der Waals surface area (Å²) in [5.74, 6) is 1.48. The smallest absolute Gasteiger partial charge is 0.224 e. The number of nitrogens with one attached hydrogen (secondary N) is 1. The van der Waals surface area contributed by atoms with Crippen molar-refractivity contribution in [2.24, 2.45) is 5.92 Å². The Morgan fingerprint density at radius 2 is 2.21 bits per heavy atom. The third kappa shape index (κ3) is 2.96. The molecule has 1 aliphatic rings. The molecule has 0 saturated carbocycles. The van der Waals surface area contributed by atoms with E-state index in [2.05, 4.69) is 15.3 Å². The minimum atomic E-state index is 0.283. The maximum absolute atomic E-state index is 5.95. The number of anilines is 1. The first kappa shape index (κ1) is 12.6. The third-order valence-corrected chi connectivity index (χ3v) is 3.61. The van der Waals surface area contributed by atoms with Crippen LogP contribution in [-0.2, 0) is 4.74 Å². The Labute approximate surface area is 117 Å². The lowest BCUT2D eigenvalue weighted by molar-refractivity contribution is 0.185. The predicted octanol–water partition coefficient (Wildman–Crippen LogP) is 3.12. The average Bonchev–Trinajstić information content (AvgIpc) is 2.91. The summed E-state index contributed by atoms with van der Waals surface area (Å²) in [7, 11) is 0. The Balaban J connectivity index is 1.72. The molecule has 0 radical (unpaired) electrons. The molecule has 0 bridgehead atoms. The first-order valence-electron chi connectivity index (χ1n) is 6.57. The minimum Gasteiger partial charge on any atom is -0.381 e. The number of nitrogens with zero attached hydrogens (tertiary/aromatic N) is 2. The summed E-state index contributed by atoms with van der Waals surface area (Å²) < 4.78 is 5.37. The monoisotopic (exact) mass is 277 g/mol. The summed E-state index contributed by atoms with van der Waals surface area (Å²) in [5.41, 5.74) is 0.870. The van der Waals surface area contributed by atoms with Crippen LogP contribution in [0.25, 0.3) is 10.9 Å². The van der Waals surface area contributed by atoms with Gasteiger partial charge in [-0.25, -0.2) is 9.97 Å². The molecular formula is C14H16ClN3O. The number of para-hydroxylation sites is 1. The summed E-state index contributed by atoms with van der Waals surface area (Å²) >= 11 is 5.95. The molecule has 0 spiro atoms. The van der Waals surface area contributed by atoms with Gasteiger partial charge in [0.05, 0.1) is 5.52 Å². The second kappa shape index (κ2) is 5.72. The predicted molar refractivity (Wildman–Crippen MR) is 76.6 cm³/mol. The Morgan fingerprint density at radius 1 is 1.32 bits per heavy atom. The van der Waals surface area contributed by atoms with Crippen molar-refractivity contribution in [2.75, 3.05) is 25.1 Å². The highest BCUT2D eigenvalue weighted by Gasteiger charge is 2.15. The molecule has 1 N–H and O–H groups in total. The molecule has 1 aromatic carbocycles. The number of aromatic nitrogens is 2. The van der Waals surface area contributed by atoms with E-state index in [1.54, 1.807) is 0 Å². The zero-order chi connectivity index (χ0) is 13.1. The molecule has 4 nitrogen and oxygen atoms in total. The number of benzene rings is 1. The van der Waals surface area contributed by atoms with E-state index in [0.717, 1.165) is 49.3 Å². The van der Waals surface area contributed by atoms with Crippen LogP contribution in [-0.4, -0.2) is 29.7 Å². The summed E-state index contributed by atoms with van der Waals surface area (Å²) in [6.45, 7) is 2.66. The Bertz CT molecular complexity index is 570. The molecule has 1 saturated heterocycles. The van der Waals surface area contributed by atoms with Crippen molar-refractivity contribution >= 4 is 28.3 Å². The molecule has 1 aliphatic heterocycles. The maximum Gasteiger partial charge on any atom is 0.224 e. The van der Waals surface area contributed by atoms with Crippen molar-refractivity contribution in [1.82, 2.24) is 9.97 Å². The Kier molecular flexibility index (Phi) is 3.80. The van der Waals surface area contributed by atoms with Gasteiger partial charge in [-0.05, 0) is 42.5 Å². The number of hydrogen-bond acceptors (Lipinski definition) is 4. The van der Waals surface area contributed by atoms with Crippen LogP contribution in [0.15, 0.2) is 24.3 Å². The van der Waals surface area contributed by atoms with Gasteiger partial charge in [-0.1, -0.05) is 12.1 Å². The van der Waals surface area contributed by atoms with Crippen LogP contribution in [0.1, 0.15) is 12.8 Å². The fraction of sp³-hybridized carbons (Fsp3) is 0.429. The fourth-order valence-electron chi connectivity index (χ4n) is 2.39. The number of ether oxygens (including phenoxy) is 1. The van der Waals surface area contributed by atoms with Gasteiger partial charge >= 0.3 is 0 Å².